The van der Waals surface area contributed by atoms with Gasteiger partial charge in [0.2, 0.25) is 0 Å². The number of hydrogen-bond acceptors (Lipinski definition) is 6. The molecule has 0 atom stereocenters. The molecule has 0 radical (unpaired) electrons. The third-order valence-corrected chi connectivity index (χ3v) is 3.34. The van der Waals surface area contributed by atoms with Gasteiger partial charge < -0.3 is 14.2 Å². The number of carbonyl (C=O) groups excluding carboxylic acids is 1. The van der Waals surface area contributed by atoms with Crippen LogP contribution in [0.5, 0.6) is 11.5 Å². The van der Waals surface area contributed by atoms with Crippen LogP contribution in [0, 0.1) is 10.1 Å². The molecule has 0 heterocycles. The number of hydrogen-bond donors (Lipinski definition) is 0. The maximum Gasteiger partial charge on any atom is 0.331 e. The standard InChI is InChI=1S/C18H17NO6/c1-23-15-9-13(10-16(11-15)24-2)7-8-18(20)25-12-14-5-3-4-6-17(14)19(21)22/h3-11H,12H2,1-2H3/b8-7+. The first-order valence-corrected chi connectivity index (χ1v) is 7.33. The van der Waals surface area contributed by atoms with Crippen LogP contribution >= 0.6 is 0 Å². The molecule has 130 valence electrons. The first-order chi connectivity index (χ1) is 12.0. The van der Waals surface area contributed by atoms with E-state index in [-0.39, 0.29) is 12.3 Å². The summed E-state index contributed by atoms with van der Waals surface area (Å²) in [4.78, 5) is 22.3. The molecule has 25 heavy (non-hydrogen) atoms. The lowest BCUT2D eigenvalue weighted by atomic mass is 10.2. The largest absolute Gasteiger partial charge is 0.497 e. The smallest absolute Gasteiger partial charge is 0.331 e. The number of ether oxygens (including phenoxy) is 3. The number of benzene rings is 2. The molecule has 0 bridgehead atoms. The number of nitro groups is 1. The van der Waals surface area contributed by atoms with Gasteiger partial charge in [0, 0.05) is 18.2 Å². The second-order valence-electron chi connectivity index (χ2n) is 4.97. The predicted octanol–water partition coefficient (Wildman–Crippen LogP) is 3.37. The molecule has 0 spiro atoms. The van der Waals surface area contributed by atoms with Gasteiger partial charge in [-0.25, -0.2) is 4.79 Å². The highest BCUT2D eigenvalue weighted by Gasteiger charge is 2.13. The van der Waals surface area contributed by atoms with Gasteiger partial charge in [0.15, 0.2) is 0 Å². The van der Waals surface area contributed by atoms with Crippen molar-refractivity contribution in [3.63, 3.8) is 0 Å². The molecule has 0 saturated carbocycles. The van der Waals surface area contributed by atoms with Crippen molar-refractivity contribution >= 4 is 17.7 Å². The Morgan fingerprint density at radius 3 is 2.36 bits per heavy atom. The number of rotatable bonds is 7. The molecule has 2 aromatic carbocycles. The van der Waals surface area contributed by atoms with Crippen molar-refractivity contribution in [1.82, 2.24) is 0 Å². The van der Waals surface area contributed by atoms with Gasteiger partial charge in [0.1, 0.15) is 18.1 Å². The van der Waals surface area contributed by atoms with Crippen LogP contribution in [0.15, 0.2) is 48.5 Å². The first-order valence-electron chi connectivity index (χ1n) is 7.33. The van der Waals surface area contributed by atoms with Gasteiger partial charge in [-0.2, -0.15) is 0 Å². The third kappa shape index (κ3) is 5.07. The molecule has 0 amide bonds. The summed E-state index contributed by atoms with van der Waals surface area (Å²) in [6.45, 7) is -0.179. The Hall–Kier alpha value is -3.35. The van der Waals surface area contributed by atoms with Gasteiger partial charge in [-0.1, -0.05) is 12.1 Å². The number of esters is 1. The predicted molar refractivity (Wildman–Crippen MR) is 91.5 cm³/mol. The van der Waals surface area contributed by atoms with E-state index in [0.717, 1.165) is 0 Å². The van der Waals surface area contributed by atoms with Crippen molar-refractivity contribution in [1.29, 1.82) is 0 Å². The molecule has 2 rings (SSSR count). The average Bonchev–Trinajstić information content (AvgIpc) is 2.64. The van der Waals surface area contributed by atoms with E-state index in [4.69, 9.17) is 14.2 Å². The highest BCUT2D eigenvalue weighted by Crippen LogP contribution is 2.23. The van der Waals surface area contributed by atoms with Crippen molar-refractivity contribution in [3.8, 4) is 11.5 Å². The molecule has 0 unspecified atom stereocenters. The summed E-state index contributed by atoms with van der Waals surface area (Å²) in [6, 6.07) is 11.3. The van der Waals surface area contributed by atoms with E-state index in [1.807, 2.05) is 0 Å². The summed E-state index contributed by atoms with van der Waals surface area (Å²) in [7, 11) is 3.06. The van der Waals surface area contributed by atoms with E-state index in [1.165, 1.54) is 26.4 Å². The number of nitrogens with zero attached hydrogens (tertiary/aromatic N) is 1. The lowest BCUT2D eigenvalue weighted by Crippen LogP contribution is -2.03. The summed E-state index contributed by atoms with van der Waals surface area (Å²) in [6.07, 6.45) is 2.79. The fraction of sp³-hybridized carbons (Fsp3) is 0.167. The van der Waals surface area contributed by atoms with Crippen molar-refractivity contribution in [2.75, 3.05) is 14.2 Å². The Bertz CT molecular complexity index is 778. The Labute approximate surface area is 144 Å². The molecule has 7 nitrogen and oxygen atoms in total. The summed E-state index contributed by atoms with van der Waals surface area (Å²) in [5.41, 5.74) is 0.938. The van der Waals surface area contributed by atoms with Gasteiger partial charge >= 0.3 is 5.97 Å². The van der Waals surface area contributed by atoms with Crippen LogP contribution in [0.3, 0.4) is 0 Å². The zero-order valence-corrected chi connectivity index (χ0v) is 13.8. The van der Waals surface area contributed by atoms with Crippen LogP contribution < -0.4 is 9.47 Å². The zero-order chi connectivity index (χ0) is 18.2. The van der Waals surface area contributed by atoms with Crippen molar-refractivity contribution in [3.05, 3.63) is 69.8 Å². The first kappa shape index (κ1) is 18.0. The van der Waals surface area contributed by atoms with E-state index in [2.05, 4.69) is 0 Å². The Kier molecular flexibility index (Phi) is 6.11. The van der Waals surface area contributed by atoms with Crippen molar-refractivity contribution < 1.29 is 23.9 Å². The Balaban J connectivity index is 2.03. The van der Waals surface area contributed by atoms with Crippen LogP contribution in [-0.2, 0) is 16.1 Å². The summed E-state index contributed by atoms with van der Waals surface area (Å²) < 4.78 is 15.4. The Morgan fingerprint density at radius 1 is 1.12 bits per heavy atom. The second-order valence-corrected chi connectivity index (χ2v) is 4.97. The quantitative estimate of drug-likeness (QED) is 0.331. The van der Waals surface area contributed by atoms with E-state index in [9.17, 15) is 14.9 Å². The molecule has 0 N–H and O–H groups in total. The van der Waals surface area contributed by atoms with Crippen LogP contribution in [0.25, 0.3) is 6.08 Å². The molecule has 7 heteroatoms. The SMILES string of the molecule is COc1cc(/C=C/C(=O)OCc2ccccc2[N+](=O)[O-])cc(OC)c1. The maximum atomic E-state index is 11.8. The van der Waals surface area contributed by atoms with Crippen molar-refractivity contribution in [2.45, 2.75) is 6.61 Å². The minimum Gasteiger partial charge on any atom is -0.497 e. The zero-order valence-electron chi connectivity index (χ0n) is 13.8. The number of para-hydroxylation sites is 1. The van der Waals surface area contributed by atoms with Crippen LogP contribution in [0.4, 0.5) is 5.69 Å². The monoisotopic (exact) mass is 343 g/mol. The molecule has 0 aliphatic heterocycles. The molecular weight excluding hydrogens is 326 g/mol. The van der Waals surface area contributed by atoms with Gasteiger partial charge in [-0.3, -0.25) is 10.1 Å². The lowest BCUT2D eigenvalue weighted by Gasteiger charge is -2.06. The second kappa shape index (κ2) is 8.49. The minimum atomic E-state index is -0.611. The van der Waals surface area contributed by atoms with E-state index in [1.54, 1.807) is 42.5 Å². The highest BCUT2D eigenvalue weighted by atomic mass is 16.6. The molecule has 2 aromatic rings. The third-order valence-electron chi connectivity index (χ3n) is 3.34. The fourth-order valence-corrected chi connectivity index (χ4v) is 2.10. The van der Waals surface area contributed by atoms with Gasteiger partial charge in [0.05, 0.1) is 24.7 Å². The molecule has 0 saturated heterocycles. The van der Waals surface area contributed by atoms with Crippen LogP contribution in [0.1, 0.15) is 11.1 Å². The van der Waals surface area contributed by atoms with E-state index >= 15 is 0 Å². The van der Waals surface area contributed by atoms with Gasteiger partial charge in [0.25, 0.3) is 5.69 Å². The number of carbonyl (C=O) groups is 1. The Morgan fingerprint density at radius 2 is 1.76 bits per heavy atom. The van der Waals surface area contributed by atoms with Crippen LogP contribution in [-0.4, -0.2) is 25.1 Å². The lowest BCUT2D eigenvalue weighted by molar-refractivity contribution is -0.385. The van der Waals surface area contributed by atoms with E-state index < -0.39 is 10.9 Å². The summed E-state index contributed by atoms with van der Waals surface area (Å²) >= 11 is 0. The van der Waals surface area contributed by atoms with Gasteiger partial charge in [-0.05, 0) is 29.8 Å². The average molecular weight is 343 g/mol. The topological polar surface area (TPSA) is 87.9 Å². The van der Waals surface area contributed by atoms with E-state index in [0.29, 0.717) is 22.6 Å². The minimum absolute atomic E-state index is 0.0863. The van der Waals surface area contributed by atoms with Crippen LogP contribution in [0.2, 0.25) is 0 Å². The molecule has 0 fully saturated rings. The summed E-state index contributed by atoms with van der Waals surface area (Å²) in [5.74, 6) is 0.569. The van der Waals surface area contributed by atoms with Crippen molar-refractivity contribution in [2.24, 2.45) is 0 Å². The molecule has 0 aliphatic carbocycles. The fourth-order valence-electron chi connectivity index (χ4n) is 2.10. The molecular formula is C18H17NO6. The molecule has 0 aromatic heterocycles. The summed E-state index contributed by atoms with van der Waals surface area (Å²) in [5, 5.41) is 10.9. The number of methoxy groups -OCH3 is 2. The van der Waals surface area contributed by atoms with Gasteiger partial charge in [-0.15, -0.1) is 0 Å². The molecule has 0 aliphatic rings. The maximum absolute atomic E-state index is 11.8. The number of nitro benzene ring substituents is 1. The highest BCUT2D eigenvalue weighted by molar-refractivity contribution is 5.87. The normalized spacial score (nSPS) is 10.5.